The van der Waals surface area contributed by atoms with Gasteiger partial charge in [0.15, 0.2) is 0 Å². The number of sulfonamides is 1. The standard InChI is InChI=1S/C13H18N4O2S2/c1-3-14-7-12-13(10(2)8-20-12)21(18,19)17-6-11-4-5-15-9-16-11/h4-5,8-9,14,17H,3,6-7H2,1-2H3. The summed E-state index contributed by atoms with van der Waals surface area (Å²) in [5.74, 6) is 0. The second-order valence-electron chi connectivity index (χ2n) is 4.48. The predicted molar refractivity (Wildman–Crippen MR) is 82.5 cm³/mol. The van der Waals surface area contributed by atoms with Gasteiger partial charge in [0.2, 0.25) is 10.0 Å². The fourth-order valence-corrected chi connectivity index (χ4v) is 4.65. The molecule has 0 radical (unpaired) electrons. The van der Waals surface area contributed by atoms with Gasteiger partial charge < -0.3 is 5.32 Å². The molecule has 0 saturated heterocycles. The van der Waals surface area contributed by atoms with Crippen LogP contribution < -0.4 is 10.0 Å². The third-order valence-electron chi connectivity index (χ3n) is 2.88. The summed E-state index contributed by atoms with van der Waals surface area (Å²) in [6, 6.07) is 1.68. The molecular formula is C13H18N4O2S2. The van der Waals surface area contributed by atoms with Crippen molar-refractivity contribution in [3.8, 4) is 0 Å². The fourth-order valence-electron chi connectivity index (χ4n) is 1.87. The second-order valence-corrected chi connectivity index (χ2v) is 7.14. The topological polar surface area (TPSA) is 84.0 Å². The first-order chi connectivity index (χ1) is 10.0. The van der Waals surface area contributed by atoms with Crippen molar-refractivity contribution in [3.63, 3.8) is 0 Å². The van der Waals surface area contributed by atoms with E-state index in [-0.39, 0.29) is 6.54 Å². The Morgan fingerprint density at radius 1 is 1.33 bits per heavy atom. The van der Waals surface area contributed by atoms with Gasteiger partial charge in [0.05, 0.1) is 12.2 Å². The number of thiophene rings is 1. The van der Waals surface area contributed by atoms with Gasteiger partial charge in [0.1, 0.15) is 11.2 Å². The van der Waals surface area contributed by atoms with Gasteiger partial charge in [-0.15, -0.1) is 11.3 Å². The molecule has 0 aliphatic rings. The number of hydrogen-bond donors (Lipinski definition) is 2. The monoisotopic (exact) mass is 326 g/mol. The molecule has 2 heterocycles. The molecule has 2 N–H and O–H groups in total. The summed E-state index contributed by atoms with van der Waals surface area (Å²) >= 11 is 1.46. The van der Waals surface area contributed by atoms with Gasteiger partial charge in [-0.1, -0.05) is 6.92 Å². The van der Waals surface area contributed by atoms with E-state index in [0.717, 1.165) is 17.0 Å². The molecule has 2 aromatic heterocycles. The minimum absolute atomic E-state index is 0.154. The van der Waals surface area contributed by atoms with Crippen LogP contribution in [-0.4, -0.2) is 24.9 Å². The molecule has 0 aliphatic carbocycles. The molecule has 2 aromatic rings. The average Bonchev–Trinajstić information content (AvgIpc) is 2.86. The Morgan fingerprint density at radius 3 is 2.81 bits per heavy atom. The molecule has 6 nitrogen and oxygen atoms in total. The molecule has 0 atom stereocenters. The van der Waals surface area contributed by atoms with Gasteiger partial charge in [-0.2, -0.15) is 0 Å². The Labute approximate surface area is 128 Å². The highest BCUT2D eigenvalue weighted by Gasteiger charge is 2.22. The van der Waals surface area contributed by atoms with Crippen molar-refractivity contribution in [2.75, 3.05) is 6.54 Å². The van der Waals surface area contributed by atoms with Gasteiger partial charge >= 0.3 is 0 Å². The lowest BCUT2D eigenvalue weighted by Gasteiger charge is -2.09. The number of nitrogens with one attached hydrogen (secondary N) is 2. The molecule has 0 bridgehead atoms. The third kappa shape index (κ3) is 4.07. The summed E-state index contributed by atoms with van der Waals surface area (Å²) in [6.07, 6.45) is 2.99. The number of aromatic nitrogens is 2. The van der Waals surface area contributed by atoms with Crippen molar-refractivity contribution in [2.45, 2.75) is 31.8 Å². The van der Waals surface area contributed by atoms with E-state index in [9.17, 15) is 8.42 Å². The van der Waals surface area contributed by atoms with Crippen molar-refractivity contribution in [1.29, 1.82) is 0 Å². The van der Waals surface area contributed by atoms with Crippen LogP contribution in [0.4, 0.5) is 0 Å². The molecular weight excluding hydrogens is 308 g/mol. The van der Waals surface area contributed by atoms with E-state index in [1.807, 2.05) is 19.2 Å². The van der Waals surface area contributed by atoms with E-state index < -0.39 is 10.0 Å². The van der Waals surface area contributed by atoms with Crippen LogP contribution in [0.3, 0.4) is 0 Å². The normalized spacial score (nSPS) is 11.7. The van der Waals surface area contributed by atoms with E-state index in [4.69, 9.17) is 0 Å². The smallest absolute Gasteiger partial charge is 0.242 e. The van der Waals surface area contributed by atoms with Crippen LogP contribution in [0.15, 0.2) is 28.9 Å². The first-order valence-corrected chi connectivity index (χ1v) is 8.93. The van der Waals surface area contributed by atoms with Crippen LogP contribution >= 0.6 is 11.3 Å². The average molecular weight is 326 g/mol. The quantitative estimate of drug-likeness (QED) is 0.804. The first kappa shape index (κ1) is 16.0. The highest BCUT2D eigenvalue weighted by Crippen LogP contribution is 2.26. The van der Waals surface area contributed by atoms with Crippen molar-refractivity contribution in [3.05, 3.63) is 40.1 Å². The maximum Gasteiger partial charge on any atom is 0.242 e. The molecule has 0 fully saturated rings. The van der Waals surface area contributed by atoms with Crippen molar-refractivity contribution >= 4 is 21.4 Å². The highest BCUT2D eigenvalue weighted by molar-refractivity contribution is 7.89. The Morgan fingerprint density at radius 2 is 2.14 bits per heavy atom. The largest absolute Gasteiger partial charge is 0.312 e. The van der Waals surface area contributed by atoms with E-state index >= 15 is 0 Å². The Balaban J connectivity index is 2.17. The van der Waals surface area contributed by atoms with E-state index in [2.05, 4.69) is 20.0 Å². The summed E-state index contributed by atoms with van der Waals surface area (Å²) < 4.78 is 27.6. The number of rotatable bonds is 7. The lowest BCUT2D eigenvalue weighted by atomic mass is 10.3. The number of nitrogens with zero attached hydrogens (tertiary/aromatic N) is 2. The minimum Gasteiger partial charge on any atom is -0.312 e. The maximum absolute atomic E-state index is 12.5. The lowest BCUT2D eigenvalue weighted by molar-refractivity contribution is 0.578. The molecule has 0 saturated carbocycles. The highest BCUT2D eigenvalue weighted by atomic mass is 32.2. The van der Waals surface area contributed by atoms with Gasteiger partial charge in [-0.3, -0.25) is 0 Å². The van der Waals surface area contributed by atoms with Gasteiger partial charge in [0.25, 0.3) is 0 Å². The zero-order valence-corrected chi connectivity index (χ0v) is 13.6. The molecule has 0 unspecified atom stereocenters. The zero-order valence-electron chi connectivity index (χ0n) is 12.0. The van der Waals surface area contributed by atoms with Gasteiger partial charge in [-0.25, -0.2) is 23.1 Å². The fraction of sp³-hybridized carbons (Fsp3) is 0.385. The number of hydrogen-bond acceptors (Lipinski definition) is 6. The van der Waals surface area contributed by atoms with Crippen LogP contribution in [0.2, 0.25) is 0 Å². The van der Waals surface area contributed by atoms with E-state index in [1.54, 1.807) is 12.3 Å². The van der Waals surface area contributed by atoms with Crippen molar-refractivity contribution < 1.29 is 8.42 Å². The molecule has 0 spiro atoms. The van der Waals surface area contributed by atoms with Gasteiger partial charge in [-0.05, 0) is 30.5 Å². The summed E-state index contributed by atoms with van der Waals surface area (Å²) in [4.78, 5) is 9.02. The number of aryl methyl sites for hydroxylation is 1. The Kier molecular flexibility index (Phi) is 5.40. The first-order valence-electron chi connectivity index (χ1n) is 6.57. The molecule has 0 aliphatic heterocycles. The van der Waals surface area contributed by atoms with E-state index in [1.165, 1.54) is 17.7 Å². The van der Waals surface area contributed by atoms with Crippen molar-refractivity contribution in [1.82, 2.24) is 20.0 Å². The van der Waals surface area contributed by atoms with Gasteiger partial charge in [0, 0.05) is 17.6 Å². The molecule has 8 heteroatoms. The van der Waals surface area contributed by atoms with Crippen LogP contribution in [0.25, 0.3) is 0 Å². The van der Waals surface area contributed by atoms with Crippen molar-refractivity contribution in [2.24, 2.45) is 0 Å². The molecule has 0 amide bonds. The molecule has 0 aromatic carbocycles. The van der Waals surface area contributed by atoms with E-state index in [0.29, 0.717) is 17.1 Å². The third-order valence-corrected chi connectivity index (χ3v) is 5.74. The maximum atomic E-state index is 12.5. The van der Waals surface area contributed by atoms with Crippen LogP contribution in [0, 0.1) is 6.92 Å². The minimum atomic E-state index is -3.55. The summed E-state index contributed by atoms with van der Waals surface area (Å²) in [6.45, 7) is 5.30. The summed E-state index contributed by atoms with van der Waals surface area (Å²) in [5, 5.41) is 5.03. The zero-order chi connectivity index (χ0) is 15.3. The lowest BCUT2D eigenvalue weighted by Crippen LogP contribution is -2.25. The van der Waals surface area contributed by atoms with Crippen LogP contribution in [0.1, 0.15) is 23.1 Å². The second kappa shape index (κ2) is 7.08. The Bertz CT molecular complexity index is 683. The molecule has 2 rings (SSSR count). The van der Waals surface area contributed by atoms with Crippen LogP contribution in [0.5, 0.6) is 0 Å². The molecule has 21 heavy (non-hydrogen) atoms. The SMILES string of the molecule is CCNCc1scc(C)c1S(=O)(=O)NCc1ccncn1. The van der Waals surface area contributed by atoms with Crippen LogP contribution in [-0.2, 0) is 23.1 Å². The summed E-state index contributed by atoms with van der Waals surface area (Å²) in [5.41, 5.74) is 1.40. The Hall–Kier alpha value is -1.35. The summed E-state index contributed by atoms with van der Waals surface area (Å²) in [7, 11) is -3.55. The predicted octanol–water partition coefficient (Wildman–Crippen LogP) is 1.43. The molecule has 114 valence electrons.